The van der Waals surface area contributed by atoms with E-state index in [1.807, 2.05) is 23.2 Å². The normalized spacial score (nSPS) is 18.5. The van der Waals surface area contributed by atoms with Crippen LogP contribution in [-0.2, 0) is 24.3 Å². The molecule has 5 heteroatoms. The number of nitrogens with zero attached hydrogens (tertiary/aromatic N) is 4. The van der Waals surface area contributed by atoms with Crippen molar-refractivity contribution in [1.29, 1.82) is 0 Å². The molecular formula is C21H26N4O. The molecule has 2 aliphatic rings. The van der Waals surface area contributed by atoms with Gasteiger partial charge in [0.2, 0.25) is 5.91 Å². The van der Waals surface area contributed by atoms with Crippen LogP contribution in [0.3, 0.4) is 0 Å². The van der Waals surface area contributed by atoms with Crippen molar-refractivity contribution >= 4 is 5.91 Å². The van der Waals surface area contributed by atoms with Gasteiger partial charge in [0.1, 0.15) is 0 Å². The molecule has 4 rings (SSSR count). The number of hydrogen-bond acceptors (Lipinski definition) is 4. The summed E-state index contributed by atoms with van der Waals surface area (Å²) in [6.45, 7) is 6.92. The van der Waals surface area contributed by atoms with Gasteiger partial charge in [0.05, 0.1) is 12.2 Å². The van der Waals surface area contributed by atoms with Gasteiger partial charge in [-0.1, -0.05) is 30.3 Å². The minimum absolute atomic E-state index is 0.262. The Morgan fingerprint density at radius 2 is 1.62 bits per heavy atom. The van der Waals surface area contributed by atoms with Crippen LogP contribution in [0.4, 0.5) is 0 Å². The van der Waals surface area contributed by atoms with E-state index in [4.69, 9.17) is 0 Å². The summed E-state index contributed by atoms with van der Waals surface area (Å²) in [4.78, 5) is 23.8. The molecule has 0 bridgehead atoms. The monoisotopic (exact) mass is 350 g/mol. The van der Waals surface area contributed by atoms with Gasteiger partial charge in [-0.05, 0) is 29.7 Å². The molecule has 136 valence electrons. The number of pyridine rings is 1. The molecule has 2 aromatic rings. The molecule has 2 aliphatic heterocycles. The zero-order valence-corrected chi connectivity index (χ0v) is 15.2. The first-order valence-corrected chi connectivity index (χ1v) is 9.47. The summed E-state index contributed by atoms with van der Waals surface area (Å²) in [5, 5.41) is 0. The Labute approximate surface area is 155 Å². The summed E-state index contributed by atoms with van der Waals surface area (Å²) >= 11 is 0. The Morgan fingerprint density at radius 1 is 0.885 bits per heavy atom. The topological polar surface area (TPSA) is 39.7 Å². The van der Waals surface area contributed by atoms with Gasteiger partial charge >= 0.3 is 0 Å². The Morgan fingerprint density at radius 3 is 2.38 bits per heavy atom. The standard InChI is InChI=1S/C21H26N4O/c26-21(25-10-8-18-5-1-2-6-19(18)15-25)17-24-13-11-23(12-14-24)16-20-7-3-4-9-22-20/h1-7,9H,8,10-17H2. The van der Waals surface area contributed by atoms with Crippen molar-refractivity contribution in [1.82, 2.24) is 19.7 Å². The lowest BCUT2D eigenvalue weighted by Crippen LogP contribution is -2.50. The third kappa shape index (κ3) is 4.11. The molecule has 5 nitrogen and oxygen atoms in total. The lowest BCUT2D eigenvalue weighted by molar-refractivity contribution is -0.133. The molecule has 26 heavy (non-hydrogen) atoms. The zero-order valence-electron chi connectivity index (χ0n) is 15.2. The van der Waals surface area contributed by atoms with Gasteiger partial charge < -0.3 is 4.90 Å². The number of rotatable bonds is 4. The summed E-state index contributed by atoms with van der Waals surface area (Å²) in [5.41, 5.74) is 3.80. The molecule has 1 fully saturated rings. The van der Waals surface area contributed by atoms with Crippen LogP contribution in [0.15, 0.2) is 48.7 Å². The molecule has 0 N–H and O–H groups in total. The van der Waals surface area contributed by atoms with Crippen LogP contribution >= 0.6 is 0 Å². The van der Waals surface area contributed by atoms with E-state index in [2.05, 4.69) is 45.1 Å². The fourth-order valence-electron chi connectivity index (χ4n) is 3.83. The molecule has 1 aromatic carbocycles. The van der Waals surface area contributed by atoms with Gasteiger partial charge in [-0.15, -0.1) is 0 Å². The maximum absolute atomic E-state index is 12.7. The van der Waals surface area contributed by atoms with E-state index < -0.39 is 0 Å². The van der Waals surface area contributed by atoms with Crippen LogP contribution in [0.5, 0.6) is 0 Å². The quantitative estimate of drug-likeness (QED) is 0.843. The second-order valence-corrected chi connectivity index (χ2v) is 7.21. The molecule has 1 saturated heterocycles. The van der Waals surface area contributed by atoms with E-state index >= 15 is 0 Å². The molecule has 0 atom stereocenters. The van der Waals surface area contributed by atoms with Gasteiger partial charge in [0.25, 0.3) is 0 Å². The highest BCUT2D eigenvalue weighted by Gasteiger charge is 2.24. The first-order chi connectivity index (χ1) is 12.8. The fourth-order valence-corrected chi connectivity index (χ4v) is 3.83. The van der Waals surface area contributed by atoms with E-state index in [0.29, 0.717) is 6.54 Å². The highest BCUT2D eigenvalue weighted by atomic mass is 16.2. The molecule has 0 saturated carbocycles. The maximum Gasteiger partial charge on any atom is 0.237 e. The highest BCUT2D eigenvalue weighted by molar-refractivity contribution is 5.78. The third-order valence-electron chi connectivity index (χ3n) is 5.42. The van der Waals surface area contributed by atoms with E-state index in [9.17, 15) is 4.79 Å². The predicted octanol–water partition coefficient (Wildman–Crippen LogP) is 1.78. The maximum atomic E-state index is 12.7. The van der Waals surface area contributed by atoms with Crippen molar-refractivity contribution in [2.24, 2.45) is 0 Å². The van der Waals surface area contributed by atoms with Crippen LogP contribution in [0, 0.1) is 0 Å². The van der Waals surface area contributed by atoms with Crippen LogP contribution in [0.2, 0.25) is 0 Å². The van der Waals surface area contributed by atoms with Crippen LogP contribution in [0.25, 0.3) is 0 Å². The average Bonchev–Trinajstić information content (AvgIpc) is 2.70. The summed E-state index contributed by atoms with van der Waals surface area (Å²) in [7, 11) is 0. The molecule has 0 unspecified atom stereocenters. The Kier molecular flexibility index (Phi) is 5.27. The number of carbonyl (C=O) groups excluding carboxylic acids is 1. The second kappa shape index (κ2) is 7.98. The number of piperazine rings is 1. The van der Waals surface area contributed by atoms with E-state index in [0.717, 1.165) is 57.9 Å². The number of carbonyl (C=O) groups is 1. The minimum Gasteiger partial charge on any atom is -0.337 e. The SMILES string of the molecule is O=C(CN1CCN(Cc2ccccn2)CC1)N1CCc2ccccc2C1. The number of amides is 1. The molecule has 1 aromatic heterocycles. The van der Waals surface area contributed by atoms with Crippen LogP contribution in [-0.4, -0.2) is 64.9 Å². The van der Waals surface area contributed by atoms with Crippen molar-refractivity contribution in [3.05, 3.63) is 65.5 Å². The first-order valence-electron chi connectivity index (χ1n) is 9.47. The smallest absolute Gasteiger partial charge is 0.237 e. The molecule has 0 spiro atoms. The minimum atomic E-state index is 0.262. The summed E-state index contributed by atoms with van der Waals surface area (Å²) in [6.07, 6.45) is 2.82. The molecular weight excluding hydrogens is 324 g/mol. The second-order valence-electron chi connectivity index (χ2n) is 7.21. The molecule has 0 radical (unpaired) electrons. The van der Waals surface area contributed by atoms with Gasteiger partial charge in [0, 0.05) is 52.0 Å². The van der Waals surface area contributed by atoms with Crippen molar-refractivity contribution < 1.29 is 4.79 Å². The summed E-state index contributed by atoms with van der Waals surface area (Å²) in [6, 6.07) is 14.5. The average molecular weight is 350 g/mol. The lowest BCUT2D eigenvalue weighted by Gasteiger charge is -2.36. The van der Waals surface area contributed by atoms with Crippen LogP contribution < -0.4 is 0 Å². The van der Waals surface area contributed by atoms with Crippen molar-refractivity contribution in [2.45, 2.75) is 19.5 Å². The first kappa shape index (κ1) is 17.2. The van der Waals surface area contributed by atoms with E-state index in [-0.39, 0.29) is 5.91 Å². The molecule has 1 amide bonds. The van der Waals surface area contributed by atoms with Gasteiger partial charge in [-0.25, -0.2) is 0 Å². The summed E-state index contributed by atoms with van der Waals surface area (Å²) in [5.74, 6) is 0.262. The van der Waals surface area contributed by atoms with Gasteiger partial charge in [-0.3, -0.25) is 19.6 Å². The molecule has 0 aliphatic carbocycles. The van der Waals surface area contributed by atoms with Crippen molar-refractivity contribution in [3.63, 3.8) is 0 Å². The fraction of sp³-hybridized carbons (Fsp3) is 0.429. The third-order valence-corrected chi connectivity index (χ3v) is 5.42. The molecule has 3 heterocycles. The number of fused-ring (bicyclic) bond motifs is 1. The number of benzene rings is 1. The van der Waals surface area contributed by atoms with Gasteiger partial charge in [0.15, 0.2) is 0 Å². The zero-order chi connectivity index (χ0) is 17.8. The van der Waals surface area contributed by atoms with Crippen LogP contribution in [0.1, 0.15) is 16.8 Å². The van der Waals surface area contributed by atoms with Crippen molar-refractivity contribution in [2.75, 3.05) is 39.3 Å². The Hall–Kier alpha value is -2.24. The van der Waals surface area contributed by atoms with Crippen molar-refractivity contribution in [3.8, 4) is 0 Å². The Balaban J connectivity index is 1.25. The highest BCUT2D eigenvalue weighted by Crippen LogP contribution is 2.18. The lowest BCUT2D eigenvalue weighted by atomic mass is 10.00. The van der Waals surface area contributed by atoms with E-state index in [1.54, 1.807) is 0 Å². The number of hydrogen-bond donors (Lipinski definition) is 0. The predicted molar refractivity (Wildman–Crippen MR) is 102 cm³/mol. The summed E-state index contributed by atoms with van der Waals surface area (Å²) < 4.78 is 0. The number of aromatic nitrogens is 1. The van der Waals surface area contributed by atoms with Gasteiger partial charge in [-0.2, -0.15) is 0 Å². The van der Waals surface area contributed by atoms with E-state index in [1.165, 1.54) is 11.1 Å². The largest absolute Gasteiger partial charge is 0.337 e. The Bertz CT molecular complexity index is 741.